The fourth-order valence-corrected chi connectivity index (χ4v) is 2.30. The Kier molecular flexibility index (Phi) is 7.23. The van der Waals surface area contributed by atoms with Gasteiger partial charge in [-0.15, -0.1) is 0 Å². The van der Waals surface area contributed by atoms with E-state index in [9.17, 15) is 14.4 Å². The van der Waals surface area contributed by atoms with E-state index >= 15 is 0 Å². The fourth-order valence-electron chi connectivity index (χ4n) is 2.30. The van der Waals surface area contributed by atoms with Crippen molar-refractivity contribution < 1.29 is 23.9 Å². The number of nitrogens with two attached hydrogens (primary N) is 1. The second kappa shape index (κ2) is 8.90. The Morgan fingerprint density at radius 3 is 2.00 bits per heavy atom. The molecule has 0 atom stereocenters. The van der Waals surface area contributed by atoms with Crippen molar-refractivity contribution in [3.05, 3.63) is 29.8 Å². The molecule has 1 rings (SSSR count). The summed E-state index contributed by atoms with van der Waals surface area (Å²) in [5.74, 6) is -1.02. The summed E-state index contributed by atoms with van der Waals surface area (Å²) < 4.78 is 10.2. The minimum Gasteiger partial charge on any atom is -0.484 e. The van der Waals surface area contributed by atoms with E-state index in [1.807, 2.05) is 27.7 Å². The SMILES string of the molecule is CC(C)N(C(=O)COC(=O)c1ccc(OCC(N)=O)cc1)C(C)C. The molecule has 0 aliphatic rings. The Labute approximate surface area is 141 Å². The molecule has 1 aromatic rings. The lowest BCUT2D eigenvalue weighted by Gasteiger charge is -2.30. The van der Waals surface area contributed by atoms with Crippen LogP contribution in [-0.2, 0) is 14.3 Å². The van der Waals surface area contributed by atoms with Crippen LogP contribution in [0.4, 0.5) is 0 Å². The Balaban J connectivity index is 2.59. The molecule has 7 nitrogen and oxygen atoms in total. The predicted molar refractivity (Wildman–Crippen MR) is 88.5 cm³/mol. The smallest absolute Gasteiger partial charge is 0.338 e. The van der Waals surface area contributed by atoms with Gasteiger partial charge >= 0.3 is 5.97 Å². The zero-order chi connectivity index (χ0) is 18.3. The molecule has 0 aromatic heterocycles. The summed E-state index contributed by atoms with van der Waals surface area (Å²) in [5.41, 5.74) is 5.27. The maximum Gasteiger partial charge on any atom is 0.338 e. The highest BCUT2D eigenvalue weighted by atomic mass is 16.5. The van der Waals surface area contributed by atoms with E-state index in [0.717, 1.165) is 0 Å². The van der Waals surface area contributed by atoms with Gasteiger partial charge in [-0.3, -0.25) is 9.59 Å². The minimum absolute atomic E-state index is 0.0258. The van der Waals surface area contributed by atoms with E-state index in [1.165, 1.54) is 24.3 Å². The number of hydrogen-bond donors (Lipinski definition) is 1. The quantitative estimate of drug-likeness (QED) is 0.723. The third-order valence-corrected chi connectivity index (χ3v) is 3.20. The van der Waals surface area contributed by atoms with Crippen molar-refractivity contribution in [2.45, 2.75) is 39.8 Å². The highest BCUT2D eigenvalue weighted by Gasteiger charge is 2.21. The Morgan fingerprint density at radius 2 is 1.54 bits per heavy atom. The van der Waals surface area contributed by atoms with Crippen molar-refractivity contribution in [3.63, 3.8) is 0 Å². The van der Waals surface area contributed by atoms with Crippen molar-refractivity contribution in [2.24, 2.45) is 5.73 Å². The highest BCUT2D eigenvalue weighted by molar-refractivity contribution is 5.91. The number of ether oxygens (including phenoxy) is 2. The molecular weight excluding hydrogens is 312 g/mol. The molecule has 0 fully saturated rings. The molecule has 0 aliphatic carbocycles. The molecule has 24 heavy (non-hydrogen) atoms. The molecule has 2 amide bonds. The summed E-state index contributed by atoms with van der Waals surface area (Å²) in [5, 5.41) is 0. The topological polar surface area (TPSA) is 98.9 Å². The molecule has 0 aliphatic heterocycles. The lowest BCUT2D eigenvalue weighted by atomic mass is 10.2. The van der Waals surface area contributed by atoms with Gasteiger partial charge in [0.25, 0.3) is 11.8 Å². The number of rotatable bonds is 8. The van der Waals surface area contributed by atoms with Crippen molar-refractivity contribution in [1.82, 2.24) is 4.90 Å². The van der Waals surface area contributed by atoms with Crippen molar-refractivity contribution in [1.29, 1.82) is 0 Å². The number of hydrogen-bond acceptors (Lipinski definition) is 5. The van der Waals surface area contributed by atoms with Gasteiger partial charge in [-0.25, -0.2) is 4.79 Å². The van der Waals surface area contributed by atoms with Crippen LogP contribution in [0.3, 0.4) is 0 Å². The largest absolute Gasteiger partial charge is 0.484 e. The first-order valence-corrected chi connectivity index (χ1v) is 7.71. The van der Waals surface area contributed by atoms with E-state index in [-0.39, 0.29) is 36.8 Å². The molecule has 0 spiro atoms. The van der Waals surface area contributed by atoms with Gasteiger partial charge in [0.2, 0.25) is 0 Å². The average molecular weight is 336 g/mol. The maximum absolute atomic E-state index is 12.1. The Hall–Kier alpha value is -2.57. The summed E-state index contributed by atoms with van der Waals surface area (Å²) in [7, 11) is 0. The molecule has 7 heteroatoms. The Morgan fingerprint density at radius 1 is 1.00 bits per heavy atom. The summed E-state index contributed by atoms with van der Waals surface area (Å²) in [4.78, 5) is 36.4. The van der Waals surface area contributed by atoms with Crippen LogP contribution in [0.25, 0.3) is 0 Å². The van der Waals surface area contributed by atoms with Crippen molar-refractivity contribution in [2.75, 3.05) is 13.2 Å². The van der Waals surface area contributed by atoms with E-state index in [0.29, 0.717) is 5.75 Å². The van der Waals surface area contributed by atoms with Gasteiger partial charge in [0, 0.05) is 12.1 Å². The first kappa shape index (κ1) is 19.5. The molecule has 0 bridgehead atoms. The van der Waals surface area contributed by atoms with Crippen LogP contribution in [0, 0.1) is 0 Å². The summed E-state index contributed by atoms with van der Waals surface area (Å²) >= 11 is 0. The molecule has 132 valence electrons. The van der Waals surface area contributed by atoms with Gasteiger partial charge in [-0.05, 0) is 52.0 Å². The van der Waals surface area contributed by atoms with Gasteiger partial charge in [0.1, 0.15) is 5.75 Å². The molecule has 0 saturated carbocycles. The summed E-state index contributed by atoms with van der Waals surface area (Å²) in [6.07, 6.45) is 0. The second-order valence-electron chi connectivity index (χ2n) is 5.84. The molecule has 2 N–H and O–H groups in total. The molecular formula is C17H24N2O5. The molecule has 0 radical (unpaired) electrons. The van der Waals surface area contributed by atoms with Crippen LogP contribution in [0.2, 0.25) is 0 Å². The lowest BCUT2D eigenvalue weighted by molar-refractivity contribution is -0.138. The van der Waals surface area contributed by atoms with Gasteiger partial charge < -0.3 is 20.1 Å². The standard InChI is InChI=1S/C17H24N2O5/c1-11(2)19(12(3)4)16(21)10-24-17(22)13-5-7-14(8-6-13)23-9-15(18)20/h5-8,11-12H,9-10H2,1-4H3,(H2,18,20). The normalized spacial score (nSPS) is 10.6. The summed E-state index contributed by atoms with van der Waals surface area (Å²) in [6, 6.07) is 6.08. The first-order chi connectivity index (χ1) is 11.2. The number of nitrogens with zero attached hydrogens (tertiary/aromatic N) is 1. The van der Waals surface area contributed by atoms with Crippen molar-refractivity contribution in [3.8, 4) is 5.75 Å². The zero-order valence-electron chi connectivity index (χ0n) is 14.4. The summed E-state index contributed by atoms with van der Waals surface area (Å²) in [6.45, 7) is 7.08. The number of amides is 2. The highest BCUT2D eigenvalue weighted by Crippen LogP contribution is 2.13. The monoisotopic (exact) mass is 336 g/mol. The average Bonchev–Trinajstić information content (AvgIpc) is 2.50. The van der Waals surface area contributed by atoms with E-state index in [4.69, 9.17) is 15.2 Å². The second-order valence-corrected chi connectivity index (χ2v) is 5.84. The molecule has 1 aromatic carbocycles. The van der Waals surface area contributed by atoms with Crippen LogP contribution in [0.1, 0.15) is 38.1 Å². The van der Waals surface area contributed by atoms with Crippen LogP contribution in [-0.4, -0.2) is 48.0 Å². The number of benzene rings is 1. The molecule has 0 unspecified atom stereocenters. The molecule has 0 heterocycles. The van der Waals surface area contributed by atoms with E-state index in [2.05, 4.69) is 0 Å². The van der Waals surface area contributed by atoms with Crippen LogP contribution in [0.15, 0.2) is 24.3 Å². The number of carbonyl (C=O) groups is 3. The van der Waals surface area contributed by atoms with E-state index in [1.54, 1.807) is 4.90 Å². The van der Waals surface area contributed by atoms with Gasteiger partial charge in [-0.1, -0.05) is 0 Å². The molecule has 0 saturated heterocycles. The predicted octanol–water partition coefficient (Wildman–Crippen LogP) is 1.35. The maximum atomic E-state index is 12.1. The number of carbonyl (C=O) groups excluding carboxylic acids is 3. The van der Waals surface area contributed by atoms with E-state index < -0.39 is 11.9 Å². The first-order valence-electron chi connectivity index (χ1n) is 7.71. The van der Waals surface area contributed by atoms with Gasteiger partial charge in [0.05, 0.1) is 5.56 Å². The van der Waals surface area contributed by atoms with Crippen LogP contribution in [0.5, 0.6) is 5.75 Å². The minimum atomic E-state index is -0.600. The van der Waals surface area contributed by atoms with Gasteiger partial charge in [-0.2, -0.15) is 0 Å². The number of esters is 1. The fraction of sp³-hybridized carbons (Fsp3) is 0.471. The zero-order valence-corrected chi connectivity index (χ0v) is 14.4. The third kappa shape index (κ3) is 5.91. The Bertz CT molecular complexity index is 573. The van der Waals surface area contributed by atoms with Crippen LogP contribution >= 0.6 is 0 Å². The number of primary amides is 1. The third-order valence-electron chi connectivity index (χ3n) is 3.20. The van der Waals surface area contributed by atoms with Crippen LogP contribution < -0.4 is 10.5 Å². The van der Waals surface area contributed by atoms with Gasteiger partial charge in [0.15, 0.2) is 13.2 Å². The van der Waals surface area contributed by atoms with Crippen molar-refractivity contribution >= 4 is 17.8 Å². The lowest BCUT2D eigenvalue weighted by Crippen LogP contribution is -2.44.